The van der Waals surface area contributed by atoms with Crippen molar-refractivity contribution in [3.8, 4) is 5.75 Å². The Balaban J connectivity index is 1.30. The lowest BCUT2D eigenvalue weighted by Gasteiger charge is -2.39. The number of aromatic nitrogens is 1. The number of nitrogens with one attached hydrogen (secondary N) is 1. The van der Waals surface area contributed by atoms with Gasteiger partial charge < -0.3 is 9.72 Å². The molecule has 0 amide bonds. The maximum Gasteiger partial charge on any atom is 0.202 e. The van der Waals surface area contributed by atoms with Crippen LogP contribution in [-0.4, -0.2) is 4.98 Å². The second-order valence-corrected chi connectivity index (χ2v) is 14.7. The Morgan fingerprint density at radius 1 is 0.686 bits per heavy atom. The highest BCUT2D eigenvalue weighted by atomic mass is 32.2. The SMILES string of the molecule is c1ccc2c(c1)OC(c1cc(C3(C4CCCCC4)Sc4ccccc4S3)c[nH]1)(C1CCCCC1)S2. The Labute approximate surface area is 221 Å². The molecule has 0 spiro atoms. The van der Waals surface area contributed by atoms with Gasteiger partial charge in [0.15, 0.2) is 0 Å². The van der Waals surface area contributed by atoms with Gasteiger partial charge in [0.25, 0.3) is 0 Å². The summed E-state index contributed by atoms with van der Waals surface area (Å²) in [5, 5.41) is 0. The summed E-state index contributed by atoms with van der Waals surface area (Å²) in [6.45, 7) is 0. The number of hydrogen-bond donors (Lipinski definition) is 1. The van der Waals surface area contributed by atoms with Crippen molar-refractivity contribution in [1.82, 2.24) is 4.98 Å². The number of benzene rings is 2. The Morgan fingerprint density at radius 2 is 1.29 bits per heavy atom. The van der Waals surface area contributed by atoms with E-state index in [0.717, 1.165) is 5.75 Å². The van der Waals surface area contributed by atoms with E-state index >= 15 is 0 Å². The minimum atomic E-state index is -0.336. The molecule has 2 aliphatic carbocycles. The van der Waals surface area contributed by atoms with E-state index in [1.807, 2.05) is 11.8 Å². The van der Waals surface area contributed by atoms with Crippen molar-refractivity contribution in [2.24, 2.45) is 11.8 Å². The molecule has 2 fully saturated rings. The Kier molecular flexibility index (Phi) is 5.94. The Morgan fingerprint density at radius 3 is 1.94 bits per heavy atom. The molecule has 4 aliphatic rings. The molecule has 0 radical (unpaired) electrons. The molecule has 3 heterocycles. The lowest BCUT2D eigenvalue weighted by atomic mass is 9.82. The van der Waals surface area contributed by atoms with E-state index in [4.69, 9.17) is 4.74 Å². The summed E-state index contributed by atoms with van der Waals surface area (Å²) >= 11 is 6.19. The number of hydrogen-bond acceptors (Lipinski definition) is 4. The van der Waals surface area contributed by atoms with Crippen LogP contribution in [0.5, 0.6) is 5.75 Å². The standard InChI is InChI=1S/C30H33NOS3/c1-3-11-21(12-4-1)29(32-24-15-7-8-16-25(24)33-29)28-19-23(20-31-28)30(22-13-5-2-6-14-22)34-26-17-9-10-18-27(26)35-30/h7-10,15-22,31H,1-6,11-14H2. The number of para-hydroxylation sites is 1. The van der Waals surface area contributed by atoms with Crippen LogP contribution in [0.4, 0.5) is 0 Å². The zero-order valence-electron chi connectivity index (χ0n) is 20.1. The fourth-order valence-electron chi connectivity index (χ4n) is 6.71. The van der Waals surface area contributed by atoms with Gasteiger partial charge in [-0.3, -0.25) is 0 Å². The summed E-state index contributed by atoms with van der Waals surface area (Å²) in [4.78, 5) is 7.67. The number of aromatic amines is 1. The summed E-state index contributed by atoms with van der Waals surface area (Å²) in [6.07, 6.45) is 15.6. The molecule has 0 bridgehead atoms. The lowest BCUT2D eigenvalue weighted by Crippen LogP contribution is -2.37. The van der Waals surface area contributed by atoms with Crippen molar-refractivity contribution in [3.63, 3.8) is 0 Å². The highest BCUT2D eigenvalue weighted by Crippen LogP contribution is 2.67. The lowest BCUT2D eigenvalue weighted by molar-refractivity contribution is 0.0759. The van der Waals surface area contributed by atoms with Gasteiger partial charge in [-0.1, -0.05) is 74.6 Å². The zero-order chi connectivity index (χ0) is 23.3. The summed E-state index contributed by atoms with van der Waals surface area (Å²) in [7, 11) is 0. The first kappa shape index (κ1) is 22.7. The molecule has 2 nitrogen and oxygen atoms in total. The Bertz CT molecular complexity index is 1070. The second-order valence-electron chi connectivity index (χ2n) is 10.6. The van der Waals surface area contributed by atoms with Crippen LogP contribution in [0.3, 0.4) is 0 Å². The van der Waals surface area contributed by atoms with Gasteiger partial charge >= 0.3 is 0 Å². The van der Waals surface area contributed by atoms with Crippen LogP contribution < -0.4 is 4.74 Å². The molecular formula is C30H33NOS3. The predicted molar refractivity (Wildman–Crippen MR) is 148 cm³/mol. The van der Waals surface area contributed by atoms with Crippen molar-refractivity contribution in [1.29, 1.82) is 0 Å². The van der Waals surface area contributed by atoms with E-state index in [2.05, 4.69) is 89.3 Å². The van der Waals surface area contributed by atoms with Crippen LogP contribution in [0, 0.1) is 11.8 Å². The van der Waals surface area contributed by atoms with E-state index in [9.17, 15) is 0 Å². The average Bonchev–Trinajstić information content (AvgIpc) is 3.66. The highest BCUT2D eigenvalue weighted by molar-refractivity contribution is 8.20. The van der Waals surface area contributed by atoms with Crippen LogP contribution >= 0.6 is 35.3 Å². The molecule has 2 aliphatic heterocycles. The zero-order valence-corrected chi connectivity index (χ0v) is 22.6. The van der Waals surface area contributed by atoms with Crippen LogP contribution in [0.25, 0.3) is 0 Å². The van der Waals surface area contributed by atoms with Gasteiger partial charge in [-0.05, 0) is 67.5 Å². The molecule has 1 aromatic heterocycles. The van der Waals surface area contributed by atoms with Crippen LogP contribution in [0.2, 0.25) is 0 Å². The molecule has 0 saturated heterocycles. The predicted octanol–water partition coefficient (Wildman–Crippen LogP) is 9.56. The molecule has 5 heteroatoms. The van der Waals surface area contributed by atoms with Crippen molar-refractivity contribution < 1.29 is 4.74 Å². The average molecular weight is 520 g/mol. The summed E-state index contributed by atoms with van der Waals surface area (Å²) < 4.78 is 7.01. The third-order valence-corrected chi connectivity index (χ3v) is 13.5. The largest absolute Gasteiger partial charge is 0.469 e. The van der Waals surface area contributed by atoms with Crippen molar-refractivity contribution in [3.05, 3.63) is 72.1 Å². The van der Waals surface area contributed by atoms with Crippen LogP contribution in [0.15, 0.2) is 75.5 Å². The maximum atomic E-state index is 6.95. The molecule has 3 aromatic rings. The van der Waals surface area contributed by atoms with Crippen LogP contribution in [-0.2, 0) is 9.01 Å². The smallest absolute Gasteiger partial charge is 0.202 e. The molecule has 7 rings (SSSR count). The first-order chi connectivity index (χ1) is 17.3. The first-order valence-electron chi connectivity index (χ1n) is 13.4. The summed E-state index contributed by atoms with van der Waals surface area (Å²) in [5.41, 5.74) is 2.73. The molecule has 1 unspecified atom stereocenters. The van der Waals surface area contributed by atoms with Crippen LogP contribution in [0.1, 0.15) is 75.5 Å². The molecule has 35 heavy (non-hydrogen) atoms. The number of ether oxygens (including phenoxy) is 1. The van der Waals surface area contributed by atoms with Gasteiger partial charge in [0.2, 0.25) is 4.93 Å². The maximum absolute atomic E-state index is 6.95. The number of fused-ring (bicyclic) bond motifs is 2. The molecule has 2 aromatic carbocycles. The van der Waals surface area contributed by atoms with Gasteiger partial charge in [-0.25, -0.2) is 0 Å². The topological polar surface area (TPSA) is 25.0 Å². The van der Waals surface area contributed by atoms with Gasteiger partial charge in [0, 0.05) is 21.9 Å². The summed E-state index contributed by atoms with van der Waals surface area (Å²) in [6, 6.07) is 20.2. The monoisotopic (exact) mass is 519 g/mol. The van der Waals surface area contributed by atoms with Crippen molar-refractivity contribution in [2.75, 3.05) is 0 Å². The minimum Gasteiger partial charge on any atom is -0.469 e. The van der Waals surface area contributed by atoms with E-state index < -0.39 is 0 Å². The highest BCUT2D eigenvalue weighted by Gasteiger charge is 2.52. The van der Waals surface area contributed by atoms with Gasteiger partial charge in [0.05, 0.1) is 14.7 Å². The van der Waals surface area contributed by atoms with E-state index in [1.54, 1.807) is 0 Å². The molecule has 2 saturated carbocycles. The molecule has 1 N–H and O–H groups in total. The fourth-order valence-corrected chi connectivity index (χ4v) is 11.7. The van der Waals surface area contributed by atoms with Crippen molar-refractivity contribution >= 4 is 35.3 Å². The minimum absolute atomic E-state index is 0.0583. The first-order valence-corrected chi connectivity index (χ1v) is 15.9. The quantitative estimate of drug-likeness (QED) is 0.371. The molecular weight excluding hydrogens is 487 g/mol. The third kappa shape index (κ3) is 3.79. The summed E-state index contributed by atoms with van der Waals surface area (Å²) in [5.74, 6) is 2.28. The number of thioether (sulfide) groups is 3. The van der Waals surface area contributed by atoms with Gasteiger partial charge in [-0.2, -0.15) is 0 Å². The normalized spacial score (nSPS) is 26.3. The number of rotatable bonds is 4. The third-order valence-electron chi connectivity index (χ3n) is 8.49. The Hall–Kier alpha value is -1.43. The molecule has 1 atom stereocenters. The van der Waals surface area contributed by atoms with E-state index in [-0.39, 0.29) is 9.01 Å². The second kappa shape index (κ2) is 9.15. The van der Waals surface area contributed by atoms with Gasteiger partial charge in [0.1, 0.15) is 5.75 Å². The van der Waals surface area contributed by atoms with E-state index in [1.165, 1.54) is 90.2 Å². The van der Waals surface area contributed by atoms with Crippen molar-refractivity contribution in [2.45, 2.75) is 87.9 Å². The van der Waals surface area contributed by atoms with Gasteiger partial charge in [-0.15, -0.1) is 23.5 Å². The fraction of sp³-hybridized carbons (Fsp3) is 0.467. The number of H-pyrrole nitrogens is 1. The van der Waals surface area contributed by atoms with E-state index in [0.29, 0.717) is 11.8 Å². The molecule has 182 valence electrons.